The highest BCUT2D eigenvalue weighted by atomic mass is 15.0. The van der Waals surface area contributed by atoms with Crippen LogP contribution in [0.4, 0.5) is 0 Å². The summed E-state index contributed by atoms with van der Waals surface area (Å²) in [5.74, 6) is 1.61. The quantitative estimate of drug-likeness (QED) is 0.167. The van der Waals surface area contributed by atoms with Crippen molar-refractivity contribution in [2.24, 2.45) is 9.98 Å². The molecule has 0 saturated carbocycles. The van der Waals surface area contributed by atoms with E-state index in [-0.39, 0.29) is 6.04 Å². The van der Waals surface area contributed by atoms with Crippen molar-refractivity contribution in [2.45, 2.75) is 6.04 Å². The average molecular weight is 717 g/mol. The number of nitrogens with one attached hydrogen (secondary N) is 1. The standard InChI is InChI=1S/C52H36N4/c1-5-15-38(16-6-1)47-48(39-17-7-2-8-18-39)55-52(54-47)43-33-29-36(30-34-43)45-26-14-24-37-23-13-25-44(46(37)45)35-27-31-41(32-28-35)50-49(40-19-9-3-10-20-40)53-51(56-50)42-21-11-4-12-22-42/h1-34,49H,(H,54,55). The zero-order chi connectivity index (χ0) is 37.3. The molecule has 10 rings (SSSR count). The topological polar surface area (TPSA) is 53.4 Å². The van der Waals surface area contributed by atoms with Crippen molar-refractivity contribution in [3.05, 3.63) is 223 Å². The number of H-pyrrole nitrogens is 1. The predicted molar refractivity (Wildman–Crippen MR) is 232 cm³/mol. The molecule has 4 nitrogen and oxygen atoms in total. The van der Waals surface area contributed by atoms with E-state index in [4.69, 9.17) is 15.0 Å². The van der Waals surface area contributed by atoms with E-state index in [1.807, 2.05) is 36.4 Å². The Morgan fingerprint density at radius 1 is 0.393 bits per heavy atom. The summed E-state index contributed by atoms with van der Waals surface area (Å²) < 4.78 is 0. The number of fused-ring (bicyclic) bond motifs is 1. The van der Waals surface area contributed by atoms with Crippen LogP contribution in [0.5, 0.6) is 0 Å². The number of nitrogens with zero attached hydrogens (tertiary/aromatic N) is 3. The maximum atomic E-state index is 5.14. The third kappa shape index (κ3) is 6.23. The molecular weight excluding hydrogens is 681 g/mol. The molecular formula is C52H36N4. The number of benzene rings is 8. The van der Waals surface area contributed by atoms with Crippen LogP contribution in [0.1, 0.15) is 22.7 Å². The van der Waals surface area contributed by atoms with Gasteiger partial charge in [-0.25, -0.2) is 9.98 Å². The van der Waals surface area contributed by atoms with E-state index < -0.39 is 0 Å². The number of hydrogen-bond acceptors (Lipinski definition) is 3. The first-order valence-corrected chi connectivity index (χ1v) is 19.0. The molecule has 1 aromatic heterocycles. The molecule has 0 bridgehead atoms. The lowest BCUT2D eigenvalue weighted by Gasteiger charge is -2.15. The van der Waals surface area contributed by atoms with Gasteiger partial charge in [-0.05, 0) is 44.2 Å². The monoisotopic (exact) mass is 716 g/mol. The highest BCUT2D eigenvalue weighted by Crippen LogP contribution is 2.39. The Bertz CT molecular complexity index is 2800. The lowest BCUT2D eigenvalue weighted by molar-refractivity contribution is 0.986. The van der Waals surface area contributed by atoms with E-state index in [9.17, 15) is 0 Å². The first-order valence-electron chi connectivity index (χ1n) is 19.0. The molecule has 2 heterocycles. The molecule has 9 aromatic rings. The molecule has 1 atom stereocenters. The fourth-order valence-corrected chi connectivity index (χ4v) is 7.78. The smallest absolute Gasteiger partial charge is 0.155 e. The van der Waals surface area contributed by atoms with Crippen LogP contribution in [0.15, 0.2) is 216 Å². The van der Waals surface area contributed by atoms with E-state index >= 15 is 0 Å². The van der Waals surface area contributed by atoms with E-state index in [0.717, 1.165) is 73.3 Å². The normalized spacial score (nSPS) is 13.8. The first kappa shape index (κ1) is 33.2. The van der Waals surface area contributed by atoms with Crippen LogP contribution in [-0.2, 0) is 0 Å². The molecule has 264 valence electrons. The van der Waals surface area contributed by atoms with E-state index in [2.05, 4.69) is 175 Å². The van der Waals surface area contributed by atoms with E-state index in [0.29, 0.717) is 0 Å². The summed E-state index contributed by atoms with van der Waals surface area (Å²) in [6.45, 7) is 0. The number of imidazole rings is 1. The fraction of sp³-hybridized carbons (Fsp3) is 0.0192. The second-order valence-corrected chi connectivity index (χ2v) is 14.0. The first-order chi connectivity index (χ1) is 27.8. The number of aromatic nitrogens is 2. The lowest BCUT2D eigenvalue weighted by atomic mass is 9.90. The van der Waals surface area contributed by atoms with Crippen LogP contribution in [0, 0.1) is 0 Å². The minimum absolute atomic E-state index is 0.166. The van der Waals surface area contributed by atoms with Crippen LogP contribution < -0.4 is 0 Å². The van der Waals surface area contributed by atoms with E-state index in [1.54, 1.807) is 0 Å². The van der Waals surface area contributed by atoms with Crippen molar-refractivity contribution >= 4 is 22.3 Å². The third-order valence-electron chi connectivity index (χ3n) is 10.6. The molecule has 0 aliphatic carbocycles. The molecule has 1 aliphatic heterocycles. The molecule has 0 fully saturated rings. The highest BCUT2D eigenvalue weighted by Gasteiger charge is 2.26. The van der Waals surface area contributed by atoms with Gasteiger partial charge in [0.1, 0.15) is 11.9 Å². The Balaban J connectivity index is 0.997. The van der Waals surface area contributed by atoms with Crippen molar-refractivity contribution in [3.8, 4) is 56.2 Å². The van der Waals surface area contributed by atoms with Gasteiger partial charge in [0, 0.05) is 22.3 Å². The fourth-order valence-electron chi connectivity index (χ4n) is 7.78. The minimum Gasteiger partial charge on any atom is -0.337 e. The van der Waals surface area contributed by atoms with Gasteiger partial charge in [0.15, 0.2) is 5.84 Å². The van der Waals surface area contributed by atoms with Gasteiger partial charge >= 0.3 is 0 Å². The molecule has 1 N–H and O–H groups in total. The summed E-state index contributed by atoms with van der Waals surface area (Å²) >= 11 is 0. The van der Waals surface area contributed by atoms with Crippen LogP contribution in [-0.4, -0.2) is 21.5 Å². The van der Waals surface area contributed by atoms with Gasteiger partial charge in [0.2, 0.25) is 0 Å². The Morgan fingerprint density at radius 2 is 0.893 bits per heavy atom. The van der Waals surface area contributed by atoms with Crippen LogP contribution in [0.25, 0.3) is 66.9 Å². The van der Waals surface area contributed by atoms with Crippen LogP contribution >= 0.6 is 0 Å². The van der Waals surface area contributed by atoms with Gasteiger partial charge in [0.05, 0.1) is 17.1 Å². The zero-order valence-electron chi connectivity index (χ0n) is 30.5. The number of rotatable bonds is 8. The third-order valence-corrected chi connectivity index (χ3v) is 10.6. The van der Waals surface area contributed by atoms with Crippen LogP contribution in [0.2, 0.25) is 0 Å². The minimum atomic E-state index is -0.166. The number of hydrogen-bond donors (Lipinski definition) is 1. The van der Waals surface area contributed by atoms with Gasteiger partial charge in [-0.2, -0.15) is 0 Å². The highest BCUT2D eigenvalue weighted by molar-refractivity contribution is 6.19. The molecule has 1 aliphatic rings. The number of aromatic amines is 1. The molecule has 0 radical (unpaired) electrons. The molecule has 0 saturated heterocycles. The Morgan fingerprint density at radius 3 is 1.48 bits per heavy atom. The van der Waals surface area contributed by atoms with Crippen molar-refractivity contribution in [1.29, 1.82) is 0 Å². The summed E-state index contributed by atoms with van der Waals surface area (Å²) in [4.78, 5) is 19.0. The summed E-state index contributed by atoms with van der Waals surface area (Å²) in [5.41, 5.74) is 14.0. The number of amidine groups is 1. The Kier molecular flexibility index (Phi) is 8.54. The van der Waals surface area contributed by atoms with Crippen molar-refractivity contribution in [1.82, 2.24) is 9.97 Å². The number of aliphatic imine (C=N–C) groups is 2. The van der Waals surface area contributed by atoms with Crippen LogP contribution in [0.3, 0.4) is 0 Å². The Hall–Kier alpha value is -7.43. The predicted octanol–water partition coefficient (Wildman–Crippen LogP) is 12.9. The average Bonchev–Trinajstić information content (AvgIpc) is 3.94. The van der Waals surface area contributed by atoms with Crippen molar-refractivity contribution in [3.63, 3.8) is 0 Å². The van der Waals surface area contributed by atoms with Gasteiger partial charge in [0.25, 0.3) is 0 Å². The molecule has 1 unspecified atom stereocenters. The van der Waals surface area contributed by atoms with E-state index in [1.165, 1.54) is 21.9 Å². The maximum Gasteiger partial charge on any atom is 0.155 e. The largest absolute Gasteiger partial charge is 0.337 e. The molecule has 4 heteroatoms. The molecule has 56 heavy (non-hydrogen) atoms. The summed E-state index contributed by atoms with van der Waals surface area (Å²) in [6, 6.07) is 72.1. The molecule has 8 aromatic carbocycles. The summed E-state index contributed by atoms with van der Waals surface area (Å²) in [5, 5.41) is 2.42. The Labute approximate surface area is 326 Å². The summed E-state index contributed by atoms with van der Waals surface area (Å²) in [7, 11) is 0. The maximum absolute atomic E-state index is 5.14. The SMILES string of the molecule is c1ccc(C2=NC(c3ccccc3)C(c3ccc(-c4cccc5cccc(-c6ccc(-c7nc(-c8ccccc8)c(-c8ccccc8)[nH]7)cc6)c45)cc3)=N2)cc1. The molecule has 0 spiro atoms. The van der Waals surface area contributed by atoms with Gasteiger partial charge in [-0.15, -0.1) is 0 Å². The second-order valence-electron chi connectivity index (χ2n) is 14.0. The summed E-state index contributed by atoms with van der Waals surface area (Å²) in [6.07, 6.45) is 0. The lowest BCUT2D eigenvalue weighted by Crippen LogP contribution is -2.09. The second kappa shape index (κ2) is 14.4. The van der Waals surface area contributed by atoms with Gasteiger partial charge < -0.3 is 4.98 Å². The van der Waals surface area contributed by atoms with Crippen molar-refractivity contribution in [2.75, 3.05) is 0 Å². The molecule has 0 amide bonds. The van der Waals surface area contributed by atoms with Gasteiger partial charge in [-0.1, -0.05) is 206 Å². The van der Waals surface area contributed by atoms with Gasteiger partial charge in [-0.3, -0.25) is 4.99 Å². The zero-order valence-corrected chi connectivity index (χ0v) is 30.5. The van der Waals surface area contributed by atoms with Crippen molar-refractivity contribution < 1.29 is 0 Å².